The van der Waals surface area contributed by atoms with Gasteiger partial charge in [-0.15, -0.1) is 0 Å². The number of anilines is 1. The van der Waals surface area contributed by atoms with Crippen LogP contribution in [0.25, 0.3) is 0 Å². The molecular formula is C19H32N4O. The molecular weight excluding hydrogens is 300 g/mol. The quantitative estimate of drug-likeness (QED) is 0.368. The maximum atomic E-state index is 12.0. The second-order valence-electron chi connectivity index (χ2n) is 5.97. The van der Waals surface area contributed by atoms with Gasteiger partial charge in [-0.05, 0) is 37.5 Å². The first kappa shape index (κ1) is 20.0. The van der Waals surface area contributed by atoms with E-state index in [0.717, 1.165) is 49.6 Å². The van der Waals surface area contributed by atoms with E-state index < -0.39 is 0 Å². The Morgan fingerprint density at radius 2 is 2.00 bits per heavy atom. The van der Waals surface area contributed by atoms with Crippen LogP contribution in [0.5, 0.6) is 0 Å². The predicted octanol–water partition coefficient (Wildman–Crippen LogP) is 3.53. The molecule has 0 radical (unpaired) electrons. The number of hydrogen-bond acceptors (Lipinski definition) is 2. The van der Waals surface area contributed by atoms with Gasteiger partial charge in [0.05, 0.1) is 6.54 Å². The molecule has 1 rings (SSSR count). The molecule has 134 valence electrons. The highest BCUT2D eigenvalue weighted by Crippen LogP contribution is 2.13. The van der Waals surface area contributed by atoms with Gasteiger partial charge < -0.3 is 16.0 Å². The first-order valence-electron chi connectivity index (χ1n) is 9.02. The Hall–Kier alpha value is -2.04. The summed E-state index contributed by atoms with van der Waals surface area (Å²) < 4.78 is 0. The summed E-state index contributed by atoms with van der Waals surface area (Å²) in [5.41, 5.74) is 1.90. The van der Waals surface area contributed by atoms with Gasteiger partial charge in [-0.1, -0.05) is 39.3 Å². The van der Waals surface area contributed by atoms with E-state index in [-0.39, 0.29) is 11.8 Å². The summed E-state index contributed by atoms with van der Waals surface area (Å²) in [5.74, 6) is 0.919. The SMILES string of the molecule is CCCCNC(=NCc1cccc(NC(=O)C(C)CC)c1)NCC. The lowest BCUT2D eigenvalue weighted by atomic mass is 10.1. The number of nitrogens with zero attached hydrogens (tertiary/aromatic N) is 1. The largest absolute Gasteiger partial charge is 0.357 e. The second-order valence-corrected chi connectivity index (χ2v) is 5.97. The van der Waals surface area contributed by atoms with Crippen LogP contribution in [0.2, 0.25) is 0 Å². The third-order valence-corrected chi connectivity index (χ3v) is 3.84. The zero-order valence-corrected chi connectivity index (χ0v) is 15.5. The molecule has 0 fully saturated rings. The van der Waals surface area contributed by atoms with E-state index in [9.17, 15) is 4.79 Å². The maximum absolute atomic E-state index is 12.0. The number of carbonyl (C=O) groups is 1. The van der Waals surface area contributed by atoms with Gasteiger partial charge in [-0.25, -0.2) is 4.99 Å². The molecule has 0 spiro atoms. The molecule has 24 heavy (non-hydrogen) atoms. The average molecular weight is 332 g/mol. The van der Waals surface area contributed by atoms with Crippen molar-refractivity contribution in [2.24, 2.45) is 10.9 Å². The first-order valence-corrected chi connectivity index (χ1v) is 9.02. The smallest absolute Gasteiger partial charge is 0.227 e. The average Bonchev–Trinajstić information content (AvgIpc) is 2.59. The third-order valence-electron chi connectivity index (χ3n) is 3.84. The monoisotopic (exact) mass is 332 g/mol. The standard InChI is InChI=1S/C19H32N4O/c1-5-8-12-21-19(20-7-3)22-14-16-10-9-11-17(13-16)23-18(24)15(4)6-2/h9-11,13,15H,5-8,12,14H2,1-4H3,(H,23,24)(H2,20,21,22). The van der Waals surface area contributed by atoms with Gasteiger partial charge >= 0.3 is 0 Å². The Bertz CT molecular complexity index is 528. The topological polar surface area (TPSA) is 65.5 Å². The van der Waals surface area contributed by atoms with Crippen LogP contribution in [0.4, 0.5) is 5.69 Å². The number of amides is 1. The van der Waals surface area contributed by atoms with Crippen LogP contribution in [0.1, 0.15) is 52.5 Å². The molecule has 0 aliphatic heterocycles. The molecule has 5 heteroatoms. The number of unbranched alkanes of at least 4 members (excludes halogenated alkanes) is 1. The molecule has 3 N–H and O–H groups in total. The summed E-state index contributed by atoms with van der Waals surface area (Å²) in [5, 5.41) is 9.55. The van der Waals surface area contributed by atoms with E-state index >= 15 is 0 Å². The fraction of sp³-hybridized carbons (Fsp3) is 0.579. The van der Waals surface area contributed by atoms with Gasteiger partial charge in [-0.2, -0.15) is 0 Å². The highest BCUT2D eigenvalue weighted by Gasteiger charge is 2.10. The number of rotatable bonds is 9. The van der Waals surface area contributed by atoms with E-state index in [1.807, 2.05) is 38.1 Å². The number of nitrogens with one attached hydrogen (secondary N) is 3. The minimum Gasteiger partial charge on any atom is -0.357 e. The molecule has 0 heterocycles. The van der Waals surface area contributed by atoms with Crippen molar-refractivity contribution in [1.29, 1.82) is 0 Å². The van der Waals surface area contributed by atoms with Crippen molar-refractivity contribution in [2.75, 3.05) is 18.4 Å². The van der Waals surface area contributed by atoms with Crippen molar-refractivity contribution in [3.63, 3.8) is 0 Å². The molecule has 0 aliphatic carbocycles. The van der Waals surface area contributed by atoms with Crippen LogP contribution in [0.3, 0.4) is 0 Å². The first-order chi connectivity index (χ1) is 11.6. The highest BCUT2D eigenvalue weighted by atomic mass is 16.1. The normalized spacial score (nSPS) is 12.6. The molecule has 0 saturated carbocycles. The summed E-state index contributed by atoms with van der Waals surface area (Å²) in [7, 11) is 0. The minimum atomic E-state index is 0.0230. The Morgan fingerprint density at radius 1 is 1.21 bits per heavy atom. The van der Waals surface area contributed by atoms with Crippen LogP contribution in [0, 0.1) is 5.92 Å². The van der Waals surface area contributed by atoms with Gasteiger partial charge in [0, 0.05) is 24.7 Å². The van der Waals surface area contributed by atoms with Crippen LogP contribution in [0.15, 0.2) is 29.3 Å². The summed E-state index contributed by atoms with van der Waals surface area (Å²) >= 11 is 0. The molecule has 1 aromatic rings. The third kappa shape index (κ3) is 7.49. The van der Waals surface area contributed by atoms with Crippen molar-refractivity contribution in [2.45, 2.75) is 53.5 Å². The van der Waals surface area contributed by atoms with E-state index in [4.69, 9.17) is 0 Å². The van der Waals surface area contributed by atoms with Gasteiger partial charge in [0.1, 0.15) is 0 Å². The molecule has 1 unspecified atom stereocenters. The summed E-state index contributed by atoms with van der Waals surface area (Å²) in [6, 6.07) is 7.88. The minimum absolute atomic E-state index is 0.0230. The van der Waals surface area contributed by atoms with Crippen molar-refractivity contribution in [1.82, 2.24) is 10.6 Å². The van der Waals surface area contributed by atoms with Gasteiger partial charge in [0.25, 0.3) is 0 Å². The number of benzene rings is 1. The predicted molar refractivity (Wildman–Crippen MR) is 102 cm³/mol. The van der Waals surface area contributed by atoms with Crippen LogP contribution in [-0.2, 0) is 11.3 Å². The number of guanidine groups is 1. The Labute approximate surface area is 146 Å². The van der Waals surface area contributed by atoms with Crippen molar-refractivity contribution in [3.05, 3.63) is 29.8 Å². The zero-order chi connectivity index (χ0) is 17.8. The summed E-state index contributed by atoms with van der Waals surface area (Å²) in [6.07, 6.45) is 3.12. The van der Waals surface area contributed by atoms with Crippen LogP contribution >= 0.6 is 0 Å². The number of aliphatic imine (C=N–C) groups is 1. The van der Waals surface area contributed by atoms with Gasteiger partial charge in [0.2, 0.25) is 5.91 Å². The summed E-state index contributed by atoms with van der Waals surface area (Å²) in [6.45, 7) is 10.5. The van der Waals surface area contributed by atoms with E-state index in [1.54, 1.807) is 0 Å². The van der Waals surface area contributed by atoms with Crippen molar-refractivity contribution in [3.8, 4) is 0 Å². The van der Waals surface area contributed by atoms with Crippen LogP contribution < -0.4 is 16.0 Å². The summed E-state index contributed by atoms with van der Waals surface area (Å²) in [4.78, 5) is 16.6. The van der Waals surface area contributed by atoms with Gasteiger partial charge in [0.15, 0.2) is 5.96 Å². The second kappa shape index (κ2) is 11.5. The molecule has 0 aromatic heterocycles. The molecule has 5 nitrogen and oxygen atoms in total. The Balaban J connectivity index is 2.67. The van der Waals surface area contributed by atoms with E-state index in [1.165, 1.54) is 0 Å². The fourth-order valence-corrected chi connectivity index (χ4v) is 2.09. The Morgan fingerprint density at radius 3 is 2.67 bits per heavy atom. The van der Waals surface area contributed by atoms with E-state index in [0.29, 0.717) is 6.54 Å². The van der Waals surface area contributed by atoms with E-state index in [2.05, 4.69) is 34.8 Å². The zero-order valence-electron chi connectivity index (χ0n) is 15.5. The number of carbonyl (C=O) groups excluding carboxylic acids is 1. The van der Waals surface area contributed by atoms with Gasteiger partial charge in [-0.3, -0.25) is 4.79 Å². The molecule has 1 atom stereocenters. The highest BCUT2D eigenvalue weighted by molar-refractivity contribution is 5.92. The van der Waals surface area contributed by atoms with Crippen molar-refractivity contribution >= 4 is 17.6 Å². The lowest BCUT2D eigenvalue weighted by molar-refractivity contribution is -0.119. The number of hydrogen-bond donors (Lipinski definition) is 3. The fourth-order valence-electron chi connectivity index (χ4n) is 2.09. The molecule has 1 amide bonds. The molecule has 0 aliphatic rings. The molecule has 1 aromatic carbocycles. The Kier molecular flexibility index (Phi) is 9.58. The van der Waals surface area contributed by atoms with Crippen molar-refractivity contribution < 1.29 is 4.79 Å². The lowest BCUT2D eigenvalue weighted by Gasteiger charge is -2.12. The van der Waals surface area contributed by atoms with Crippen LogP contribution in [-0.4, -0.2) is 25.0 Å². The molecule has 0 saturated heterocycles. The lowest BCUT2D eigenvalue weighted by Crippen LogP contribution is -2.37. The maximum Gasteiger partial charge on any atom is 0.227 e. The molecule has 0 bridgehead atoms.